The second kappa shape index (κ2) is 5.64. The van der Waals surface area contributed by atoms with Crippen molar-refractivity contribution in [2.75, 3.05) is 0 Å². The first-order chi connectivity index (χ1) is 10.6. The van der Waals surface area contributed by atoms with Crippen LogP contribution in [0.2, 0.25) is 0 Å². The average molecular weight is 293 g/mol. The monoisotopic (exact) mass is 293 g/mol. The van der Waals surface area contributed by atoms with E-state index in [1.807, 2.05) is 67.8 Å². The molecule has 112 valence electrons. The van der Waals surface area contributed by atoms with Gasteiger partial charge in [-0.25, -0.2) is 4.98 Å². The largest absolute Gasteiger partial charge is 0.347 e. The van der Waals surface area contributed by atoms with Gasteiger partial charge in [0, 0.05) is 12.7 Å². The van der Waals surface area contributed by atoms with E-state index in [-0.39, 0.29) is 5.91 Å². The molecule has 2 aromatic heterocycles. The number of imidazole rings is 1. The predicted octanol–water partition coefficient (Wildman–Crippen LogP) is 3.19. The van der Waals surface area contributed by atoms with Crippen molar-refractivity contribution in [3.63, 3.8) is 0 Å². The van der Waals surface area contributed by atoms with E-state index in [9.17, 15) is 4.79 Å². The third-order valence-corrected chi connectivity index (χ3v) is 3.81. The first kappa shape index (κ1) is 14.3. The fourth-order valence-corrected chi connectivity index (χ4v) is 2.56. The standard InChI is InChI=1S/C18H19N3O/c1-12-6-8-15(9-7-12)11-19-18(22)16-14(3)20-17-13(2)5-4-10-21(16)17/h4-10H,11H2,1-3H3,(H,19,22). The van der Waals surface area contributed by atoms with Crippen molar-refractivity contribution >= 4 is 11.6 Å². The molecule has 0 aliphatic carbocycles. The van der Waals surface area contributed by atoms with Gasteiger partial charge in [-0.3, -0.25) is 9.20 Å². The van der Waals surface area contributed by atoms with E-state index in [4.69, 9.17) is 0 Å². The Kier molecular flexibility index (Phi) is 3.67. The van der Waals surface area contributed by atoms with Gasteiger partial charge in [0.1, 0.15) is 11.3 Å². The van der Waals surface area contributed by atoms with Crippen LogP contribution in [0.5, 0.6) is 0 Å². The Balaban J connectivity index is 1.85. The summed E-state index contributed by atoms with van der Waals surface area (Å²) in [5, 5.41) is 2.97. The molecule has 3 rings (SSSR count). The second-order valence-electron chi connectivity index (χ2n) is 5.60. The summed E-state index contributed by atoms with van der Waals surface area (Å²) in [6.07, 6.45) is 1.88. The van der Waals surface area contributed by atoms with Crippen LogP contribution < -0.4 is 5.32 Å². The van der Waals surface area contributed by atoms with Crippen LogP contribution in [0.15, 0.2) is 42.6 Å². The summed E-state index contributed by atoms with van der Waals surface area (Å²) in [5.41, 5.74) is 5.54. The van der Waals surface area contributed by atoms with E-state index in [1.54, 1.807) is 0 Å². The van der Waals surface area contributed by atoms with Gasteiger partial charge < -0.3 is 5.32 Å². The van der Waals surface area contributed by atoms with Gasteiger partial charge in [0.25, 0.3) is 5.91 Å². The zero-order valence-electron chi connectivity index (χ0n) is 13.1. The van der Waals surface area contributed by atoms with Gasteiger partial charge >= 0.3 is 0 Å². The van der Waals surface area contributed by atoms with Gasteiger partial charge in [-0.05, 0) is 38.0 Å². The van der Waals surface area contributed by atoms with Gasteiger partial charge in [-0.1, -0.05) is 35.9 Å². The minimum atomic E-state index is -0.101. The number of carbonyl (C=O) groups is 1. The van der Waals surface area contributed by atoms with Crippen LogP contribution in [0.25, 0.3) is 5.65 Å². The molecule has 4 heteroatoms. The zero-order chi connectivity index (χ0) is 15.7. The molecule has 4 nitrogen and oxygen atoms in total. The number of carbonyl (C=O) groups excluding carboxylic acids is 1. The van der Waals surface area contributed by atoms with Crippen LogP contribution in [0.4, 0.5) is 0 Å². The fourth-order valence-electron chi connectivity index (χ4n) is 2.56. The van der Waals surface area contributed by atoms with Gasteiger partial charge in [-0.15, -0.1) is 0 Å². The molecule has 1 amide bonds. The van der Waals surface area contributed by atoms with Gasteiger partial charge in [0.05, 0.1) is 5.69 Å². The third kappa shape index (κ3) is 2.60. The molecular weight excluding hydrogens is 274 g/mol. The Morgan fingerprint density at radius 2 is 1.86 bits per heavy atom. The molecule has 0 unspecified atom stereocenters. The summed E-state index contributed by atoms with van der Waals surface area (Å²) in [6.45, 7) is 6.42. The SMILES string of the molecule is Cc1ccc(CNC(=O)c2c(C)nc3c(C)cccn23)cc1. The van der Waals surface area contributed by atoms with Crippen LogP contribution in [-0.2, 0) is 6.54 Å². The predicted molar refractivity (Wildman–Crippen MR) is 87.0 cm³/mol. The molecule has 0 bridgehead atoms. The molecular formula is C18H19N3O. The van der Waals surface area contributed by atoms with E-state index >= 15 is 0 Å². The number of fused-ring (bicyclic) bond motifs is 1. The van der Waals surface area contributed by atoms with E-state index < -0.39 is 0 Å². The van der Waals surface area contributed by atoms with E-state index in [0.29, 0.717) is 12.2 Å². The molecule has 0 radical (unpaired) electrons. The molecule has 0 saturated carbocycles. The number of nitrogens with one attached hydrogen (secondary N) is 1. The summed E-state index contributed by atoms with van der Waals surface area (Å²) in [5.74, 6) is -0.101. The molecule has 2 heterocycles. The molecule has 0 atom stereocenters. The Morgan fingerprint density at radius 1 is 1.14 bits per heavy atom. The Bertz CT molecular complexity index is 831. The molecule has 3 aromatic rings. The number of aryl methyl sites for hydroxylation is 3. The lowest BCUT2D eigenvalue weighted by molar-refractivity contribution is 0.0944. The highest BCUT2D eigenvalue weighted by molar-refractivity contribution is 5.94. The van der Waals surface area contributed by atoms with Crippen LogP contribution in [0.3, 0.4) is 0 Å². The number of rotatable bonds is 3. The smallest absolute Gasteiger partial charge is 0.270 e. The molecule has 0 saturated heterocycles. The number of hydrogen-bond acceptors (Lipinski definition) is 2. The van der Waals surface area contributed by atoms with E-state index in [2.05, 4.69) is 10.3 Å². The van der Waals surface area contributed by atoms with Gasteiger partial charge in [0.2, 0.25) is 0 Å². The lowest BCUT2D eigenvalue weighted by atomic mass is 10.1. The normalized spacial score (nSPS) is 10.9. The highest BCUT2D eigenvalue weighted by atomic mass is 16.1. The molecule has 0 aliphatic rings. The fraction of sp³-hybridized carbons (Fsp3) is 0.222. The van der Waals surface area contributed by atoms with E-state index in [1.165, 1.54) is 5.56 Å². The first-order valence-electron chi connectivity index (χ1n) is 7.34. The minimum Gasteiger partial charge on any atom is -0.347 e. The maximum atomic E-state index is 12.5. The Labute approximate surface area is 129 Å². The van der Waals surface area contributed by atoms with Crippen molar-refractivity contribution in [2.24, 2.45) is 0 Å². The first-order valence-corrected chi connectivity index (χ1v) is 7.34. The average Bonchev–Trinajstić information content (AvgIpc) is 2.84. The van der Waals surface area contributed by atoms with Crippen molar-refractivity contribution < 1.29 is 4.79 Å². The summed E-state index contributed by atoms with van der Waals surface area (Å²) < 4.78 is 1.86. The number of pyridine rings is 1. The molecule has 1 N–H and O–H groups in total. The van der Waals surface area contributed by atoms with Crippen LogP contribution in [-0.4, -0.2) is 15.3 Å². The number of hydrogen-bond donors (Lipinski definition) is 1. The highest BCUT2D eigenvalue weighted by Crippen LogP contribution is 2.15. The maximum absolute atomic E-state index is 12.5. The van der Waals surface area contributed by atoms with Crippen molar-refractivity contribution in [1.29, 1.82) is 0 Å². The van der Waals surface area contributed by atoms with Crippen molar-refractivity contribution in [3.05, 3.63) is 70.7 Å². The number of amides is 1. The van der Waals surface area contributed by atoms with E-state index in [0.717, 1.165) is 22.5 Å². The summed E-state index contributed by atoms with van der Waals surface area (Å²) in [6, 6.07) is 12.1. The lowest BCUT2D eigenvalue weighted by Crippen LogP contribution is -2.25. The van der Waals surface area contributed by atoms with Crippen LogP contribution in [0, 0.1) is 20.8 Å². The van der Waals surface area contributed by atoms with Crippen molar-refractivity contribution in [2.45, 2.75) is 27.3 Å². The Hall–Kier alpha value is -2.62. The molecule has 22 heavy (non-hydrogen) atoms. The van der Waals surface area contributed by atoms with Crippen molar-refractivity contribution in [1.82, 2.24) is 14.7 Å². The molecule has 0 spiro atoms. The van der Waals surface area contributed by atoms with Gasteiger partial charge in [-0.2, -0.15) is 0 Å². The van der Waals surface area contributed by atoms with Crippen LogP contribution in [0.1, 0.15) is 32.9 Å². The molecule has 0 fully saturated rings. The molecule has 0 aliphatic heterocycles. The number of aromatic nitrogens is 2. The minimum absolute atomic E-state index is 0.101. The zero-order valence-corrected chi connectivity index (χ0v) is 13.1. The molecule has 1 aromatic carbocycles. The number of nitrogens with zero attached hydrogens (tertiary/aromatic N) is 2. The maximum Gasteiger partial charge on any atom is 0.270 e. The number of benzene rings is 1. The summed E-state index contributed by atoms with van der Waals surface area (Å²) >= 11 is 0. The third-order valence-electron chi connectivity index (χ3n) is 3.81. The Morgan fingerprint density at radius 3 is 2.59 bits per heavy atom. The highest BCUT2D eigenvalue weighted by Gasteiger charge is 2.16. The summed E-state index contributed by atoms with van der Waals surface area (Å²) in [4.78, 5) is 17.0. The second-order valence-corrected chi connectivity index (χ2v) is 5.60. The summed E-state index contributed by atoms with van der Waals surface area (Å²) in [7, 11) is 0. The lowest BCUT2D eigenvalue weighted by Gasteiger charge is -2.07. The van der Waals surface area contributed by atoms with Crippen LogP contribution >= 0.6 is 0 Å². The topological polar surface area (TPSA) is 46.4 Å². The quantitative estimate of drug-likeness (QED) is 0.806. The van der Waals surface area contributed by atoms with Gasteiger partial charge in [0.15, 0.2) is 0 Å². The van der Waals surface area contributed by atoms with Crippen molar-refractivity contribution in [3.8, 4) is 0 Å².